The normalized spacial score (nSPS) is 11.2. The fourth-order valence-corrected chi connectivity index (χ4v) is 2.43. The second-order valence-corrected chi connectivity index (χ2v) is 5.89. The summed E-state index contributed by atoms with van der Waals surface area (Å²) in [7, 11) is 0. The molecule has 0 saturated heterocycles. The number of carbonyl (C=O) groups excluding carboxylic acids is 1. The van der Waals surface area contributed by atoms with Crippen molar-refractivity contribution in [2.75, 3.05) is 6.61 Å². The Kier molecular flexibility index (Phi) is 5.93. The van der Waals surface area contributed by atoms with Crippen molar-refractivity contribution in [2.24, 2.45) is 0 Å². The van der Waals surface area contributed by atoms with Crippen molar-refractivity contribution in [3.05, 3.63) is 78.1 Å². The third-order valence-electron chi connectivity index (χ3n) is 3.68. The highest BCUT2D eigenvalue weighted by molar-refractivity contribution is 5.93. The van der Waals surface area contributed by atoms with Gasteiger partial charge in [0.25, 0.3) is 5.91 Å². The van der Waals surface area contributed by atoms with E-state index in [4.69, 9.17) is 4.42 Å². The molecule has 0 spiro atoms. The minimum Gasteiger partial charge on any atom is -0.468 e. The van der Waals surface area contributed by atoms with Gasteiger partial charge in [0.15, 0.2) is 6.61 Å². The molecule has 0 aliphatic carbocycles. The van der Waals surface area contributed by atoms with Crippen LogP contribution in [0.3, 0.4) is 0 Å². The highest BCUT2D eigenvalue weighted by atomic mass is 19.4. The number of furan rings is 1. The first kappa shape index (κ1) is 19.4. The molecule has 9 heteroatoms. The molecule has 0 bridgehead atoms. The molecule has 0 unspecified atom stereocenters. The Labute approximate surface area is 158 Å². The zero-order valence-corrected chi connectivity index (χ0v) is 14.6. The molecule has 3 rings (SSSR count). The smallest absolute Gasteiger partial charge is 0.422 e. The van der Waals surface area contributed by atoms with Crippen molar-refractivity contribution < 1.29 is 27.1 Å². The first-order valence-electron chi connectivity index (χ1n) is 8.27. The van der Waals surface area contributed by atoms with Gasteiger partial charge in [-0.05, 0) is 29.8 Å². The fourth-order valence-electron chi connectivity index (χ4n) is 2.43. The molecule has 0 radical (unpaired) electrons. The lowest BCUT2D eigenvalue weighted by Crippen LogP contribution is -2.30. The number of amides is 1. The van der Waals surface area contributed by atoms with Crippen LogP contribution >= 0.6 is 0 Å². The highest BCUT2D eigenvalue weighted by Crippen LogP contribution is 2.18. The van der Waals surface area contributed by atoms with Crippen LogP contribution in [0.15, 0.2) is 65.7 Å². The monoisotopic (exact) mass is 391 g/mol. The van der Waals surface area contributed by atoms with E-state index >= 15 is 0 Å². The van der Waals surface area contributed by atoms with E-state index in [9.17, 15) is 18.0 Å². The highest BCUT2D eigenvalue weighted by Gasteiger charge is 2.28. The molecule has 6 nitrogen and oxygen atoms in total. The third kappa shape index (κ3) is 5.57. The van der Waals surface area contributed by atoms with E-state index in [0.717, 1.165) is 5.56 Å². The lowest BCUT2D eigenvalue weighted by Gasteiger charge is -2.22. The summed E-state index contributed by atoms with van der Waals surface area (Å²) in [6, 6.07) is 9.67. The standard InChI is InChI=1S/C19H16F3N3O3/c20-19(21,22)13-28-17-6-5-15(10-24-17)18(26)25(12-16-4-2-8-27-16)11-14-3-1-7-23-9-14/h1-10H,11-13H2. The molecule has 146 valence electrons. The summed E-state index contributed by atoms with van der Waals surface area (Å²) in [4.78, 5) is 22.3. The summed E-state index contributed by atoms with van der Waals surface area (Å²) in [5.41, 5.74) is 1.04. The van der Waals surface area contributed by atoms with Gasteiger partial charge in [-0.3, -0.25) is 9.78 Å². The SMILES string of the molecule is O=C(c1ccc(OCC(F)(F)F)nc1)N(Cc1cccnc1)Cc1ccco1. The maximum Gasteiger partial charge on any atom is 0.422 e. The van der Waals surface area contributed by atoms with E-state index in [2.05, 4.69) is 14.7 Å². The summed E-state index contributed by atoms with van der Waals surface area (Å²) in [6.07, 6.45) is 1.52. The maximum atomic E-state index is 12.9. The zero-order valence-electron chi connectivity index (χ0n) is 14.6. The van der Waals surface area contributed by atoms with Crippen LogP contribution in [-0.2, 0) is 13.1 Å². The molecule has 3 aromatic heterocycles. The molecule has 3 heterocycles. The Morgan fingerprint density at radius 2 is 1.96 bits per heavy atom. The van der Waals surface area contributed by atoms with E-state index < -0.39 is 12.8 Å². The Hall–Kier alpha value is -3.36. The predicted molar refractivity (Wildman–Crippen MR) is 92.3 cm³/mol. The molecular formula is C19H16F3N3O3. The maximum absolute atomic E-state index is 12.9. The van der Waals surface area contributed by atoms with E-state index in [1.165, 1.54) is 29.5 Å². The summed E-state index contributed by atoms with van der Waals surface area (Å²) in [5, 5.41) is 0. The second-order valence-electron chi connectivity index (χ2n) is 5.89. The quantitative estimate of drug-likeness (QED) is 0.612. The summed E-state index contributed by atoms with van der Waals surface area (Å²) < 4.78 is 46.5. The molecule has 0 fully saturated rings. The molecular weight excluding hydrogens is 375 g/mol. The molecule has 0 atom stereocenters. The Balaban J connectivity index is 1.74. The number of halogens is 3. The fraction of sp³-hybridized carbons (Fsp3) is 0.211. The average molecular weight is 391 g/mol. The Morgan fingerprint density at radius 3 is 2.57 bits per heavy atom. The van der Waals surface area contributed by atoms with Crippen molar-refractivity contribution in [3.8, 4) is 5.88 Å². The topological polar surface area (TPSA) is 68.5 Å². The summed E-state index contributed by atoms with van der Waals surface area (Å²) in [6.45, 7) is -0.953. The lowest BCUT2D eigenvalue weighted by atomic mass is 10.2. The van der Waals surface area contributed by atoms with Crippen LogP contribution in [0.2, 0.25) is 0 Å². The van der Waals surface area contributed by atoms with Gasteiger partial charge in [-0.1, -0.05) is 6.07 Å². The first-order valence-corrected chi connectivity index (χ1v) is 8.27. The van der Waals surface area contributed by atoms with Crippen LogP contribution in [0.5, 0.6) is 5.88 Å². The van der Waals surface area contributed by atoms with Crippen molar-refractivity contribution in [1.29, 1.82) is 0 Å². The predicted octanol–water partition coefficient (Wildman–Crippen LogP) is 3.85. The largest absolute Gasteiger partial charge is 0.468 e. The summed E-state index contributed by atoms with van der Waals surface area (Å²) >= 11 is 0. The number of ether oxygens (including phenoxy) is 1. The van der Waals surface area contributed by atoms with Crippen LogP contribution in [-0.4, -0.2) is 33.6 Å². The lowest BCUT2D eigenvalue weighted by molar-refractivity contribution is -0.154. The minimum absolute atomic E-state index is 0.210. The van der Waals surface area contributed by atoms with E-state index in [1.54, 1.807) is 30.6 Å². The average Bonchev–Trinajstić information content (AvgIpc) is 3.19. The molecule has 0 aliphatic heterocycles. The van der Waals surface area contributed by atoms with Gasteiger partial charge in [-0.15, -0.1) is 0 Å². The third-order valence-corrected chi connectivity index (χ3v) is 3.68. The number of hydrogen-bond donors (Lipinski definition) is 0. The zero-order chi connectivity index (χ0) is 20.0. The molecule has 0 N–H and O–H groups in total. The molecule has 3 aromatic rings. The van der Waals surface area contributed by atoms with Gasteiger partial charge < -0.3 is 14.1 Å². The van der Waals surface area contributed by atoms with Crippen LogP contribution in [0.1, 0.15) is 21.7 Å². The van der Waals surface area contributed by atoms with Gasteiger partial charge in [-0.25, -0.2) is 4.98 Å². The molecule has 1 amide bonds. The van der Waals surface area contributed by atoms with Crippen molar-refractivity contribution >= 4 is 5.91 Å². The molecule has 28 heavy (non-hydrogen) atoms. The van der Waals surface area contributed by atoms with Crippen LogP contribution in [0.4, 0.5) is 13.2 Å². The number of hydrogen-bond acceptors (Lipinski definition) is 5. The van der Waals surface area contributed by atoms with E-state index in [-0.39, 0.29) is 30.4 Å². The second kappa shape index (κ2) is 8.55. The molecule has 0 aromatic carbocycles. The number of aromatic nitrogens is 2. The number of carbonyl (C=O) groups is 1. The van der Waals surface area contributed by atoms with E-state index in [1.807, 2.05) is 6.07 Å². The number of pyridine rings is 2. The van der Waals surface area contributed by atoms with Gasteiger partial charge in [-0.2, -0.15) is 13.2 Å². The van der Waals surface area contributed by atoms with Gasteiger partial charge >= 0.3 is 6.18 Å². The van der Waals surface area contributed by atoms with Gasteiger partial charge in [0.05, 0.1) is 18.4 Å². The Morgan fingerprint density at radius 1 is 1.11 bits per heavy atom. The van der Waals surface area contributed by atoms with Crippen LogP contribution in [0, 0.1) is 0 Å². The van der Waals surface area contributed by atoms with Crippen molar-refractivity contribution in [2.45, 2.75) is 19.3 Å². The van der Waals surface area contributed by atoms with Gasteiger partial charge in [0.2, 0.25) is 5.88 Å². The number of nitrogens with zero attached hydrogens (tertiary/aromatic N) is 3. The molecule has 0 saturated carbocycles. The van der Waals surface area contributed by atoms with Crippen molar-refractivity contribution in [1.82, 2.24) is 14.9 Å². The van der Waals surface area contributed by atoms with Crippen molar-refractivity contribution in [3.63, 3.8) is 0 Å². The summed E-state index contributed by atoms with van der Waals surface area (Å²) in [5.74, 6) is 0.0316. The van der Waals surface area contributed by atoms with Gasteiger partial charge in [0.1, 0.15) is 5.76 Å². The molecule has 0 aliphatic rings. The Bertz CT molecular complexity index is 882. The minimum atomic E-state index is -4.46. The first-order chi connectivity index (χ1) is 13.4. The van der Waals surface area contributed by atoms with Crippen LogP contribution < -0.4 is 4.74 Å². The van der Waals surface area contributed by atoms with Gasteiger partial charge in [0, 0.05) is 31.2 Å². The van der Waals surface area contributed by atoms with Crippen LogP contribution in [0.25, 0.3) is 0 Å². The van der Waals surface area contributed by atoms with E-state index in [0.29, 0.717) is 5.76 Å². The number of rotatable bonds is 7. The number of alkyl halides is 3.